The number of quaternary nitrogens is 1. The summed E-state index contributed by atoms with van der Waals surface area (Å²) in [4.78, 5) is 1.68. The van der Waals surface area contributed by atoms with Crippen LogP contribution < -0.4 is 14.4 Å². The highest BCUT2D eigenvalue weighted by atomic mass is 35.5. The van der Waals surface area contributed by atoms with Gasteiger partial charge in [-0.2, -0.15) is 4.31 Å². The zero-order chi connectivity index (χ0) is 19.6. The lowest BCUT2D eigenvalue weighted by molar-refractivity contribution is -0.917. The van der Waals surface area contributed by atoms with Crippen LogP contribution in [0.3, 0.4) is 0 Å². The maximum absolute atomic E-state index is 12.8. The molecule has 0 amide bonds. The molecule has 1 saturated heterocycles. The first-order valence-corrected chi connectivity index (χ1v) is 11.3. The Hall–Kier alpha value is -1.80. The molecule has 6 nitrogen and oxygen atoms in total. The fourth-order valence-electron chi connectivity index (χ4n) is 3.64. The molecule has 0 aromatic heterocycles. The van der Waals surface area contributed by atoms with E-state index in [2.05, 4.69) is 0 Å². The first-order chi connectivity index (χ1) is 13.5. The number of piperazine rings is 1. The van der Waals surface area contributed by atoms with E-state index in [0.717, 1.165) is 31.6 Å². The molecule has 2 aromatic carbocycles. The van der Waals surface area contributed by atoms with E-state index in [-0.39, 0.29) is 0 Å². The van der Waals surface area contributed by atoms with Gasteiger partial charge >= 0.3 is 0 Å². The minimum Gasteiger partial charge on any atom is -0.489 e. The van der Waals surface area contributed by atoms with Crippen LogP contribution in [0.4, 0.5) is 0 Å². The average Bonchev–Trinajstić information content (AvgIpc) is 2.95. The van der Waals surface area contributed by atoms with Gasteiger partial charge in [-0.1, -0.05) is 29.8 Å². The van der Waals surface area contributed by atoms with Crippen LogP contribution >= 0.6 is 11.6 Å². The summed E-state index contributed by atoms with van der Waals surface area (Å²) < 4.78 is 38.5. The second-order valence-corrected chi connectivity index (χ2v) is 9.44. The molecule has 2 aliphatic heterocycles. The minimum atomic E-state index is -3.42. The molecule has 4 rings (SSSR count). The van der Waals surface area contributed by atoms with Gasteiger partial charge < -0.3 is 14.4 Å². The van der Waals surface area contributed by atoms with Crippen LogP contribution in [-0.4, -0.2) is 52.1 Å². The second kappa shape index (κ2) is 8.29. The third-order valence-corrected chi connectivity index (χ3v) is 7.32. The number of hydrogen-bond acceptors (Lipinski definition) is 4. The first kappa shape index (κ1) is 19.5. The van der Waals surface area contributed by atoms with E-state index in [0.29, 0.717) is 47.7 Å². The van der Waals surface area contributed by atoms with Crippen LogP contribution in [0.5, 0.6) is 11.5 Å². The van der Waals surface area contributed by atoms with E-state index in [4.69, 9.17) is 21.1 Å². The van der Waals surface area contributed by atoms with Gasteiger partial charge in [0.15, 0.2) is 11.5 Å². The molecule has 2 aliphatic rings. The van der Waals surface area contributed by atoms with Crippen LogP contribution in [0.2, 0.25) is 5.02 Å². The lowest BCUT2D eigenvalue weighted by Crippen LogP contribution is -3.13. The molecule has 0 unspecified atom stereocenters. The van der Waals surface area contributed by atoms with Gasteiger partial charge in [0.25, 0.3) is 0 Å². The predicted molar refractivity (Wildman–Crippen MR) is 107 cm³/mol. The fraction of sp³-hybridized carbons (Fsp3) is 0.400. The van der Waals surface area contributed by atoms with Crippen molar-refractivity contribution in [3.8, 4) is 11.5 Å². The molecule has 2 aromatic rings. The third kappa shape index (κ3) is 4.12. The maximum Gasteiger partial charge on any atom is 0.243 e. The summed E-state index contributed by atoms with van der Waals surface area (Å²) in [6, 6.07) is 12.5. The zero-order valence-corrected chi connectivity index (χ0v) is 17.1. The number of hydrogen-bond donors (Lipinski definition) is 1. The largest absolute Gasteiger partial charge is 0.489 e. The number of benzene rings is 2. The topological polar surface area (TPSA) is 60.3 Å². The summed E-state index contributed by atoms with van der Waals surface area (Å²) in [6.07, 6.45) is 0.837. The zero-order valence-electron chi connectivity index (χ0n) is 15.6. The molecule has 28 heavy (non-hydrogen) atoms. The summed E-state index contributed by atoms with van der Waals surface area (Å²) in [5.41, 5.74) is 1.07. The normalized spacial score (nSPS) is 18.6. The van der Waals surface area contributed by atoms with E-state index >= 15 is 0 Å². The number of ether oxygens (including phenoxy) is 2. The minimum absolute atomic E-state index is 0.355. The maximum atomic E-state index is 12.8. The Bertz CT molecular complexity index is 929. The summed E-state index contributed by atoms with van der Waals surface area (Å²) in [7, 11) is -3.42. The molecular formula is C20H24ClN2O4S+. The van der Waals surface area contributed by atoms with Gasteiger partial charge in [-0.25, -0.2) is 8.42 Å². The number of halogens is 1. The van der Waals surface area contributed by atoms with Gasteiger partial charge in [0.1, 0.15) is 6.54 Å². The lowest BCUT2D eigenvalue weighted by atomic mass is 10.1. The van der Waals surface area contributed by atoms with Crippen LogP contribution in [-0.2, 0) is 16.6 Å². The molecule has 8 heteroatoms. The van der Waals surface area contributed by atoms with E-state index in [1.807, 2.05) is 18.2 Å². The van der Waals surface area contributed by atoms with Gasteiger partial charge in [0, 0.05) is 12.0 Å². The van der Waals surface area contributed by atoms with Gasteiger partial charge in [0.05, 0.1) is 49.3 Å². The van der Waals surface area contributed by atoms with Gasteiger partial charge in [-0.15, -0.1) is 0 Å². The molecule has 150 valence electrons. The highest BCUT2D eigenvalue weighted by molar-refractivity contribution is 7.89. The summed E-state index contributed by atoms with van der Waals surface area (Å²) in [5, 5.41) is 0.569. The van der Waals surface area contributed by atoms with Crippen LogP contribution in [0.25, 0.3) is 0 Å². The van der Waals surface area contributed by atoms with E-state index in [1.165, 1.54) is 4.90 Å². The SMILES string of the molecule is O=S(=O)(c1ccccc1)N1CC[NH+](Cc2cc(Cl)c3c(c2)OCCCO3)CC1. The second-order valence-electron chi connectivity index (χ2n) is 7.10. The standard InChI is InChI=1S/C20H23ClN2O4S/c21-18-13-16(14-19-20(18)27-12-4-11-26-19)15-22-7-9-23(10-8-22)28(24,25)17-5-2-1-3-6-17/h1-3,5-6,13-14H,4,7-12,15H2/p+1. The summed E-state index contributed by atoms with van der Waals surface area (Å²) in [6.45, 7) is 4.51. The van der Waals surface area contributed by atoms with Crippen molar-refractivity contribution in [1.82, 2.24) is 4.31 Å². The van der Waals surface area contributed by atoms with Crippen molar-refractivity contribution in [2.45, 2.75) is 17.9 Å². The third-order valence-electron chi connectivity index (χ3n) is 5.13. The molecular weight excluding hydrogens is 400 g/mol. The fourth-order valence-corrected chi connectivity index (χ4v) is 5.39. The molecule has 0 bridgehead atoms. The summed E-state index contributed by atoms with van der Waals surface area (Å²) in [5.74, 6) is 1.32. The average molecular weight is 424 g/mol. The van der Waals surface area contributed by atoms with Gasteiger partial charge in [-0.3, -0.25) is 0 Å². The molecule has 1 N–H and O–H groups in total. The van der Waals surface area contributed by atoms with E-state index in [9.17, 15) is 8.42 Å². The van der Waals surface area contributed by atoms with Crippen molar-refractivity contribution < 1.29 is 22.8 Å². The van der Waals surface area contributed by atoms with Crippen molar-refractivity contribution in [2.75, 3.05) is 39.4 Å². The van der Waals surface area contributed by atoms with Crippen LogP contribution in [0, 0.1) is 0 Å². The van der Waals surface area contributed by atoms with Gasteiger partial charge in [0.2, 0.25) is 10.0 Å². The van der Waals surface area contributed by atoms with E-state index < -0.39 is 10.0 Å². The Morgan fingerprint density at radius 3 is 2.50 bits per heavy atom. The Morgan fingerprint density at radius 2 is 1.75 bits per heavy atom. The van der Waals surface area contributed by atoms with E-state index in [1.54, 1.807) is 28.6 Å². The van der Waals surface area contributed by atoms with Crippen molar-refractivity contribution in [1.29, 1.82) is 0 Å². The molecule has 0 spiro atoms. The smallest absolute Gasteiger partial charge is 0.243 e. The molecule has 0 atom stereocenters. The number of nitrogens with zero attached hydrogens (tertiary/aromatic N) is 1. The highest BCUT2D eigenvalue weighted by Crippen LogP contribution is 2.37. The number of rotatable bonds is 4. The van der Waals surface area contributed by atoms with Crippen molar-refractivity contribution in [3.05, 3.63) is 53.1 Å². The quantitative estimate of drug-likeness (QED) is 0.811. The van der Waals surface area contributed by atoms with Crippen molar-refractivity contribution in [3.63, 3.8) is 0 Å². The predicted octanol–water partition coefficient (Wildman–Crippen LogP) is 1.59. The van der Waals surface area contributed by atoms with Crippen molar-refractivity contribution in [2.24, 2.45) is 0 Å². The molecule has 0 aliphatic carbocycles. The molecule has 0 radical (unpaired) electrons. The highest BCUT2D eigenvalue weighted by Gasteiger charge is 2.30. The monoisotopic (exact) mass is 423 g/mol. The Kier molecular flexibility index (Phi) is 5.78. The molecule has 2 heterocycles. The molecule has 0 saturated carbocycles. The lowest BCUT2D eigenvalue weighted by Gasteiger charge is -2.31. The Labute approximate surface area is 170 Å². The number of nitrogens with one attached hydrogen (secondary N) is 1. The van der Waals surface area contributed by atoms with Crippen molar-refractivity contribution >= 4 is 21.6 Å². The number of sulfonamides is 1. The van der Waals surface area contributed by atoms with Gasteiger partial charge in [-0.05, 0) is 24.3 Å². The Balaban J connectivity index is 1.41. The van der Waals surface area contributed by atoms with Crippen LogP contribution in [0.1, 0.15) is 12.0 Å². The Morgan fingerprint density at radius 1 is 1.04 bits per heavy atom. The summed E-state index contributed by atoms with van der Waals surface area (Å²) >= 11 is 6.39. The number of fused-ring (bicyclic) bond motifs is 1. The van der Waals surface area contributed by atoms with Crippen LogP contribution in [0.15, 0.2) is 47.4 Å². The molecule has 1 fully saturated rings. The first-order valence-electron chi connectivity index (χ1n) is 9.51.